The average molecular weight is 506 g/mol. The van der Waals surface area contributed by atoms with E-state index in [1.807, 2.05) is 11.8 Å². The van der Waals surface area contributed by atoms with Crippen LogP contribution in [0.25, 0.3) is 0 Å². The molecule has 2 unspecified atom stereocenters. The third-order valence-corrected chi connectivity index (χ3v) is 5.52. The Bertz CT molecular complexity index is 598. The van der Waals surface area contributed by atoms with Crippen LogP contribution in [0.2, 0.25) is 0 Å². The molecule has 0 heterocycles. The summed E-state index contributed by atoms with van der Waals surface area (Å²) in [5, 5.41) is 10.4. The van der Waals surface area contributed by atoms with E-state index in [9.17, 15) is 4.79 Å². The van der Waals surface area contributed by atoms with Gasteiger partial charge in [0.25, 0.3) is 5.91 Å². The number of guanidine groups is 1. The van der Waals surface area contributed by atoms with Gasteiger partial charge in [-0.3, -0.25) is 9.79 Å². The van der Waals surface area contributed by atoms with Crippen molar-refractivity contribution in [3.8, 4) is 5.75 Å². The third kappa shape index (κ3) is 8.16. The lowest BCUT2D eigenvalue weighted by molar-refractivity contribution is 0.0955. The number of carbonyl (C=O) groups excluding carboxylic acids is 1. The molecule has 2 atom stereocenters. The van der Waals surface area contributed by atoms with E-state index < -0.39 is 0 Å². The van der Waals surface area contributed by atoms with Crippen molar-refractivity contribution in [1.82, 2.24) is 16.0 Å². The molecule has 1 amide bonds. The Kier molecular flexibility index (Phi) is 11.6. The van der Waals surface area contributed by atoms with Crippen molar-refractivity contribution in [2.75, 3.05) is 33.0 Å². The second-order valence-corrected chi connectivity index (χ2v) is 7.40. The number of benzene rings is 1. The number of nitrogens with zero attached hydrogens (tertiary/aromatic N) is 1. The molecule has 0 spiro atoms. The van der Waals surface area contributed by atoms with Gasteiger partial charge in [-0.2, -0.15) is 11.8 Å². The zero-order valence-electron chi connectivity index (χ0n) is 16.3. The molecule has 1 aromatic rings. The van der Waals surface area contributed by atoms with Crippen molar-refractivity contribution in [2.24, 2.45) is 4.99 Å². The Balaban J connectivity index is 0.00000364. The molecule has 6 nitrogen and oxygen atoms in total. The van der Waals surface area contributed by atoms with Crippen molar-refractivity contribution in [1.29, 1.82) is 0 Å². The Labute approximate surface area is 183 Å². The molecule has 27 heavy (non-hydrogen) atoms. The molecule has 8 heteroatoms. The first-order valence-electron chi connectivity index (χ1n) is 9.16. The van der Waals surface area contributed by atoms with Crippen molar-refractivity contribution in [2.45, 2.75) is 37.5 Å². The van der Waals surface area contributed by atoms with Crippen LogP contribution >= 0.6 is 35.7 Å². The number of ether oxygens (including phenoxy) is 1. The molecule has 0 aromatic heterocycles. The van der Waals surface area contributed by atoms with Crippen LogP contribution < -0.4 is 20.7 Å². The van der Waals surface area contributed by atoms with Gasteiger partial charge in [0.1, 0.15) is 5.75 Å². The summed E-state index contributed by atoms with van der Waals surface area (Å²) in [5.74, 6) is 1.47. The van der Waals surface area contributed by atoms with Gasteiger partial charge < -0.3 is 20.7 Å². The SMILES string of the molecule is CCNC(=NCCNC(=O)c1ccc(OC)cc1)NC1CCC(SC)C1.I. The minimum absolute atomic E-state index is 0. The number of thioether (sulfide) groups is 1. The zero-order chi connectivity index (χ0) is 18.8. The van der Waals surface area contributed by atoms with E-state index in [-0.39, 0.29) is 29.9 Å². The molecule has 2 rings (SSSR count). The summed E-state index contributed by atoms with van der Waals surface area (Å²) >= 11 is 1.95. The first kappa shape index (κ1) is 23.9. The van der Waals surface area contributed by atoms with Crippen LogP contribution in [-0.4, -0.2) is 56.2 Å². The predicted octanol–water partition coefficient (Wildman–Crippen LogP) is 2.88. The number of hydrogen-bond donors (Lipinski definition) is 3. The van der Waals surface area contributed by atoms with E-state index in [1.165, 1.54) is 19.3 Å². The maximum Gasteiger partial charge on any atom is 0.251 e. The second-order valence-electron chi connectivity index (χ2n) is 6.26. The molecule has 3 N–H and O–H groups in total. The second kappa shape index (κ2) is 13.1. The maximum absolute atomic E-state index is 12.1. The molecular formula is C19H31IN4O2S. The van der Waals surface area contributed by atoms with Crippen LogP contribution in [0.1, 0.15) is 36.5 Å². The monoisotopic (exact) mass is 506 g/mol. The van der Waals surface area contributed by atoms with Crippen molar-refractivity contribution in [3.05, 3.63) is 29.8 Å². The molecule has 1 aliphatic rings. The first-order chi connectivity index (χ1) is 12.7. The molecule has 1 aromatic carbocycles. The molecule has 0 radical (unpaired) electrons. The number of carbonyl (C=O) groups is 1. The Morgan fingerprint density at radius 3 is 2.59 bits per heavy atom. The van der Waals surface area contributed by atoms with Gasteiger partial charge in [0.05, 0.1) is 13.7 Å². The minimum atomic E-state index is -0.0978. The molecule has 0 bridgehead atoms. The summed E-state index contributed by atoms with van der Waals surface area (Å²) in [7, 11) is 1.61. The lowest BCUT2D eigenvalue weighted by Crippen LogP contribution is -2.43. The quantitative estimate of drug-likeness (QED) is 0.219. The highest BCUT2D eigenvalue weighted by Crippen LogP contribution is 2.27. The summed E-state index contributed by atoms with van der Waals surface area (Å²) in [6.45, 7) is 3.92. The van der Waals surface area contributed by atoms with E-state index in [0.717, 1.165) is 23.5 Å². The number of rotatable bonds is 8. The van der Waals surface area contributed by atoms with Gasteiger partial charge in [0.15, 0.2) is 5.96 Å². The van der Waals surface area contributed by atoms with E-state index >= 15 is 0 Å². The number of nitrogens with one attached hydrogen (secondary N) is 3. The van der Waals surface area contributed by atoms with Crippen molar-refractivity contribution in [3.63, 3.8) is 0 Å². The van der Waals surface area contributed by atoms with E-state index in [2.05, 4.69) is 34.1 Å². The summed E-state index contributed by atoms with van der Waals surface area (Å²) in [5.41, 5.74) is 0.619. The molecule has 152 valence electrons. The molecule has 0 aliphatic heterocycles. The third-order valence-electron chi connectivity index (χ3n) is 4.42. The number of hydrogen-bond acceptors (Lipinski definition) is 4. The molecule has 1 fully saturated rings. The Morgan fingerprint density at radius 2 is 2.00 bits per heavy atom. The van der Waals surface area contributed by atoms with E-state index in [0.29, 0.717) is 24.7 Å². The van der Waals surface area contributed by atoms with Gasteiger partial charge in [-0.05, 0) is 56.7 Å². The lowest BCUT2D eigenvalue weighted by atomic mass is 10.2. The molecule has 1 aliphatic carbocycles. The summed E-state index contributed by atoms with van der Waals surface area (Å²) in [6, 6.07) is 7.56. The van der Waals surface area contributed by atoms with Crippen LogP contribution in [-0.2, 0) is 0 Å². The van der Waals surface area contributed by atoms with Crippen LogP contribution in [0.3, 0.4) is 0 Å². The highest BCUT2D eigenvalue weighted by atomic mass is 127. The predicted molar refractivity (Wildman–Crippen MR) is 125 cm³/mol. The topological polar surface area (TPSA) is 74.8 Å². The van der Waals surface area contributed by atoms with Gasteiger partial charge >= 0.3 is 0 Å². The largest absolute Gasteiger partial charge is 0.497 e. The average Bonchev–Trinajstić information content (AvgIpc) is 3.12. The van der Waals surface area contributed by atoms with Gasteiger partial charge in [-0.1, -0.05) is 0 Å². The van der Waals surface area contributed by atoms with E-state index in [4.69, 9.17) is 4.74 Å². The maximum atomic E-state index is 12.1. The summed E-state index contributed by atoms with van der Waals surface area (Å²) in [4.78, 5) is 16.7. The highest BCUT2D eigenvalue weighted by Gasteiger charge is 2.24. The van der Waals surface area contributed by atoms with Gasteiger partial charge in [-0.25, -0.2) is 0 Å². The molecule has 0 saturated heterocycles. The van der Waals surface area contributed by atoms with Crippen LogP contribution in [0, 0.1) is 0 Å². The fourth-order valence-electron chi connectivity index (χ4n) is 2.98. The lowest BCUT2D eigenvalue weighted by Gasteiger charge is -2.17. The standard InChI is InChI=1S/C19H30N4O2S.HI/c1-4-20-19(23-15-7-10-17(13-15)26-3)22-12-11-21-18(24)14-5-8-16(25-2)9-6-14;/h5-6,8-9,15,17H,4,7,10-13H2,1-3H3,(H,21,24)(H2,20,22,23);1H. The van der Waals surface area contributed by atoms with Crippen molar-refractivity contribution >= 4 is 47.6 Å². The summed E-state index contributed by atoms with van der Waals surface area (Å²) < 4.78 is 5.10. The zero-order valence-corrected chi connectivity index (χ0v) is 19.4. The Morgan fingerprint density at radius 1 is 1.26 bits per heavy atom. The van der Waals surface area contributed by atoms with Crippen LogP contribution in [0.5, 0.6) is 5.75 Å². The first-order valence-corrected chi connectivity index (χ1v) is 10.4. The normalized spacial score (nSPS) is 19.1. The molecular weight excluding hydrogens is 475 g/mol. The number of halogens is 1. The Hall–Kier alpha value is -1.16. The van der Waals surface area contributed by atoms with Crippen LogP contribution in [0.15, 0.2) is 29.3 Å². The highest BCUT2D eigenvalue weighted by molar-refractivity contribution is 14.0. The smallest absolute Gasteiger partial charge is 0.251 e. The van der Waals surface area contributed by atoms with Crippen molar-refractivity contribution < 1.29 is 9.53 Å². The van der Waals surface area contributed by atoms with Gasteiger partial charge in [0.2, 0.25) is 0 Å². The number of aliphatic imine (C=N–C) groups is 1. The van der Waals surface area contributed by atoms with Crippen LogP contribution in [0.4, 0.5) is 0 Å². The molecule has 1 saturated carbocycles. The fraction of sp³-hybridized carbons (Fsp3) is 0.579. The number of amides is 1. The van der Waals surface area contributed by atoms with E-state index in [1.54, 1.807) is 31.4 Å². The minimum Gasteiger partial charge on any atom is -0.497 e. The van der Waals surface area contributed by atoms with Gasteiger partial charge in [-0.15, -0.1) is 24.0 Å². The summed E-state index contributed by atoms with van der Waals surface area (Å²) in [6.07, 6.45) is 5.80. The number of methoxy groups -OCH3 is 1. The van der Waals surface area contributed by atoms with Gasteiger partial charge in [0, 0.05) is 29.9 Å². The fourth-order valence-corrected chi connectivity index (χ4v) is 3.78.